The Morgan fingerprint density at radius 3 is 3.00 bits per heavy atom. The molecule has 16 heavy (non-hydrogen) atoms. The average molecular weight is 260 g/mol. The molecule has 0 saturated carbocycles. The van der Waals surface area contributed by atoms with Gasteiger partial charge in [-0.25, -0.2) is 0 Å². The van der Waals surface area contributed by atoms with Gasteiger partial charge in [-0.1, -0.05) is 23.2 Å². The Morgan fingerprint density at radius 1 is 1.38 bits per heavy atom. The maximum Gasteiger partial charge on any atom is 0.0619 e. The fourth-order valence-corrected chi connectivity index (χ4v) is 2.21. The normalized spacial score (nSPS) is 21.0. The Hall–Kier alpha value is -0.280. The van der Waals surface area contributed by atoms with E-state index in [1.165, 1.54) is 0 Å². The minimum absolute atomic E-state index is 0.434. The van der Waals surface area contributed by atoms with E-state index in [4.69, 9.17) is 27.9 Å². The summed E-state index contributed by atoms with van der Waals surface area (Å²) < 4.78 is 5.40. The van der Waals surface area contributed by atoms with Gasteiger partial charge in [-0.15, -0.1) is 0 Å². The van der Waals surface area contributed by atoms with Crippen LogP contribution in [0.4, 0.5) is 0 Å². The monoisotopic (exact) mass is 259 g/mol. The van der Waals surface area contributed by atoms with Crippen LogP contribution < -0.4 is 5.32 Å². The molecule has 0 radical (unpaired) electrons. The van der Waals surface area contributed by atoms with Crippen molar-refractivity contribution >= 4 is 23.2 Å². The molecule has 1 aromatic carbocycles. The lowest BCUT2D eigenvalue weighted by Crippen LogP contribution is -2.36. The van der Waals surface area contributed by atoms with Crippen LogP contribution in [0.1, 0.15) is 18.4 Å². The van der Waals surface area contributed by atoms with Gasteiger partial charge in [0.2, 0.25) is 0 Å². The number of nitrogens with one attached hydrogen (secondary N) is 1. The van der Waals surface area contributed by atoms with Gasteiger partial charge in [-0.3, -0.25) is 0 Å². The fraction of sp³-hybridized carbons (Fsp3) is 0.500. The van der Waals surface area contributed by atoms with E-state index in [1.807, 2.05) is 12.1 Å². The van der Waals surface area contributed by atoms with Crippen molar-refractivity contribution in [3.63, 3.8) is 0 Å². The molecule has 0 bridgehead atoms. The van der Waals surface area contributed by atoms with Gasteiger partial charge >= 0.3 is 0 Å². The first-order chi connectivity index (χ1) is 7.75. The summed E-state index contributed by atoms with van der Waals surface area (Å²) >= 11 is 12.0. The maximum absolute atomic E-state index is 6.08. The van der Waals surface area contributed by atoms with E-state index in [9.17, 15) is 0 Å². The minimum Gasteiger partial charge on any atom is -0.380 e. The van der Waals surface area contributed by atoms with E-state index in [-0.39, 0.29) is 0 Å². The van der Waals surface area contributed by atoms with Crippen LogP contribution in [0, 0.1) is 0 Å². The third-order valence-corrected chi connectivity index (χ3v) is 3.35. The molecule has 2 nitrogen and oxygen atoms in total. The second-order valence-corrected chi connectivity index (χ2v) is 4.87. The molecule has 4 heteroatoms. The topological polar surface area (TPSA) is 21.3 Å². The van der Waals surface area contributed by atoms with Gasteiger partial charge in [0.05, 0.1) is 6.61 Å². The summed E-state index contributed by atoms with van der Waals surface area (Å²) in [6.45, 7) is 2.42. The first-order valence-electron chi connectivity index (χ1n) is 5.51. The van der Waals surface area contributed by atoms with Gasteiger partial charge in [0.25, 0.3) is 0 Å². The second kappa shape index (κ2) is 5.87. The Morgan fingerprint density at radius 2 is 2.25 bits per heavy atom. The predicted octanol–water partition coefficient (Wildman–Crippen LogP) is 3.26. The van der Waals surface area contributed by atoms with Crippen molar-refractivity contribution in [2.75, 3.05) is 13.2 Å². The van der Waals surface area contributed by atoms with Gasteiger partial charge in [-0.2, -0.15) is 0 Å². The molecule has 1 aliphatic rings. The number of halogens is 2. The van der Waals surface area contributed by atoms with Gasteiger partial charge in [0, 0.05) is 29.2 Å². The molecule has 1 aliphatic heterocycles. The number of hydrogen-bond donors (Lipinski definition) is 1. The molecule has 1 unspecified atom stereocenters. The zero-order chi connectivity index (χ0) is 11.4. The van der Waals surface area contributed by atoms with Crippen molar-refractivity contribution in [2.45, 2.75) is 25.4 Å². The Bertz CT molecular complexity index is 351. The molecule has 1 N–H and O–H groups in total. The predicted molar refractivity (Wildman–Crippen MR) is 67.1 cm³/mol. The van der Waals surface area contributed by atoms with Crippen LogP contribution in [-0.2, 0) is 11.3 Å². The third kappa shape index (κ3) is 3.36. The van der Waals surface area contributed by atoms with Crippen molar-refractivity contribution in [3.8, 4) is 0 Å². The van der Waals surface area contributed by atoms with Gasteiger partial charge in [0.15, 0.2) is 0 Å². The van der Waals surface area contributed by atoms with E-state index >= 15 is 0 Å². The zero-order valence-corrected chi connectivity index (χ0v) is 10.5. The van der Waals surface area contributed by atoms with E-state index < -0.39 is 0 Å². The molecule has 0 aliphatic carbocycles. The van der Waals surface area contributed by atoms with Crippen LogP contribution in [0.2, 0.25) is 10.0 Å². The molecule has 88 valence electrons. The average Bonchev–Trinajstić information content (AvgIpc) is 2.32. The molecule has 1 fully saturated rings. The molecule has 0 amide bonds. The molecule has 1 heterocycles. The summed E-state index contributed by atoms with van der Waals surface area (Å²) in [5, 5.41) is 4.92. The summed E-state index contributed by atoms with van der Waals surface area (Å²) in [5.41, 5.74) is 1.04. The van der Waals surface area contributed by atoms with E-state index in [1.54, 1.807) is 6.07 Å². The SMILES string of the molecule is Clc1ccc(Cl)c(CNC2CCCOC2)c1. The molecule has 1 saturated heterocycles. The van der Waals surface area contributed by atoms with Crippen LogP contribution in [0.15, 0.2) is 18.2 Å². The number of ether oxygens (including phenoxy) is 1. The zero-order valence-electron chi connectivity index (χ0n) is 9.01. The highest BCUT2D eigenvalue weighted by molar-refractivity contribution is 6.33. The van der Waals surface area contributed by atoms with Crippen LogP contribution in [0.5, 0.6) is 0 Å². The van der Waals surface area contributed by atoms with Crippen LogP contribution in [-0.4, -0.2) is 19.3 Å². The standard InChI is InChI=1S/C12H15Cl2NO/c13-10-3-4-12(14)9(6-10)7-15-11-2-1-5-16-8-11/h3-4,6,11,15H,1-2,5,7-8H2. The van der Waals surface area contributed by atoms with Crippen LogP contribution in [0.25, 0.3) is 0 Å². The van der Waals surface area contributed by atoms with Crippen molar-refractivity contribution in [1.82, 2.24) is 5.32 Å². The smallest absolute Gasteiger partial charge is 0.0619 e. The molecule has 2 rings (SSSR count). The molecule has 0 aromatic heterocycles. The highest BCUT2D eigenvalue weighted by atomic mass is 35.5. The highest BCUT2D eigenvalue weighted by Gasteiger charge is 2.13. The van der Waals surface area contributed by atoms with Gasteiger partial charge in [0.1, 0.15) is 0 Å². The Labute approximate surface area is 106 Å². The van der Waals surface area contributed by atoms with Gasteiger partial charge < -0.3 is 10.1 Å². The molecular weight excluding hydrogens is 245 g/mol. The number of rotatable bonds is 3. The molecule has 1 atom stereocenters. The van der Waals surface area contributed by atoms with Crippen LogP contribution >= 0.6 is 23.2 Å². The lowest BCUT2D eigenvalue weighted by molar-refractivity contribution is 0.0699. The summed E-state index contributed by atoms with van der Waals surface area (Å²) in [4.78, 5) is 0. The van der Waals surface area contributed by atoms with Gasteiger partial charge in [-0.05, 0) is 36.6 Å². The quantitative estimate of drug-likeness (QED) is 0.900. The molecule has 0 spiro atoms. The largest absolute Gasteiger partial charge is 0.380 e. The van der Waals surface area contributed by atoms with E-state index in [0.717, 1.165) is 48.2 Å². The highest BCUT2D eigenvalue weighted by Crippen LogP contribution is 2.20. The van der Waals surface area contributed by atoms with E-state index in [2.05, 4.69) is 5.32 Å². The summed E-state index contributed by atoms with van der Waals surface area (Å²) in [5.74, 6) is 0. The van der Waals surface area contributed by atoms with Crippen molar-refractivity contribution < 1.29 is 4.74 Å². The van der Waals surface area contributed by atoms with E-state index in [0.29, 0.717) is 6.04 Å². The van der Waals surface area contributed by atoms with Crippen molar-refractivity contribution in [1.29, 1.82) is 0 Å². The first kappa shape index (κ1) is 12.2. The Kier molecular flexibility index (Phi) is 4.47. The summed E-state index contributed by atoms with van der Waals surface area (Å²) in [7, 11) is 0. The minimum atomic E-state index is 0.434. The number of hydrogen-bond acceptors (Lipinski definition) is 2. The summed E-state index contributed by atoms with van der Waals surface area (Å²) in [6.07, 6.45) is 2.29. The Balaban J connectivity index is 1.90. The van der Waals surface area contributed by atoms with Crippen molar-refractivity contribution in [3.05, 3.63) is 33.8 Å². The lowest BCUT2D eigenvalue weighted by Gasteiger charge is -2.23. The molecule has 1 aromatic rings. The second-order valence-electron chi connectivity index (χ2n) is 4.03. The van der Waals surface area contributed by atoms with Crippen molar-refractivity contribution in [2.24, 2.45) is 0 Å². The third-order valence-electron chi connectivity index (χ3n) is 2.75. The molecular formula is C12H15Cl2NO. The summed E-state index contributed by atoms with van der Waals surface area (Å²) in [6, 6.07) is 5.97. The number of benzene rings is 1. The fourth-order valence-electron chi connectivity index (χ4n) is 1.83. The first-order valence-corrected chi connectivity index (χ1v) is 6.26. The maximum atomic E-state index is 6.08. The van der Waals surface area contributed by atoms with Crippen LogP contribution in [0.3, 0.4) is 0 Å². The lowest BCUT2D eigenvalue weighted by atomic mass is 10.1.